The zero-order valence-corrected chi connectivity index (χ0v) is 15.0. The Hall–Kier alpha value is -2.17. The van der Waals surface area contributed by atoms with Crippen molar-refractivity contribution in [2.24, 2.45) is 16.1 Å². The van der Waals surface area contributed by atoms with Gasteiger partial charge < -0.3 is 30.0 Å². The molecule has 1 aliphatic carbocycles. The van der Waals surface area contributed by atoms with E-state index in [9.17, 15) is 25.2 Å². The van der Waals surface area contributed by atoms with Gasteiger partial charge in [-0.25, -0.2) is 0 Å². The Kier molecular flexibility index (Phi) is 9.19. The standard InChI is InChI=1S/C8H13N3O4.C7H11N3O2/c1-4(3-12)2-5-6(10-11-9)7(13)8(14)15-5;1-4-2-5(11)7(9-10-8)6(12)3-4/h3-8,13-14H,2H2,1H3;2,5-7,11-12H,3H2,1H3/t;5-,6+,7-/m.0/s1. The van der Waals surface area contributed by atoms with E-state index in [1.54, 1.807) is 13.0 Å². The number of carbonyl (C=O) groups excluding carboxylic acids is 1. The summed E-state index contributed by atoms with van der Waals surface area (Å²) in [6, 6.07) is -1.58. The predicted molar refractivity (Wildman–Crippen MR) is 93.0 cm³/mol. The fourth-order valence-electron chi connectivity index (χ4n) is 2.89. The van der Waals surface area contributed by atoms with Crippen molar-refractivity contribution < 1.29 is 30.0 Å². The Labute approximate surface area is 155 Å². The van der Waals surface area contributed by atoms with Gasteiger partial charge in [0.2, 0.25) is 0 Å². The van der Waals surface area contributed by atoms with Crippen LogP contribution in [0.1, 0.15) is 26.7 Å². The molecule has 0 aromatic carbocycles. The molecule has 1 aliphatic heterocycles. The second kappa shape index (κ2) is 10.9. The van der Waals surface area contributed by atoms with Crippen LogP contribution in [-0.2, 0) is 9.53 Å². The first-order chi connectivity index (χ1) is 12.7. The lowest BCUT2D eigenvalue weighted by molar-refractivity contribution is -0.131. The van der Waals surface area contributed by atoms with Crippen molar-refractivity contribution in [1.29, 1.82) is 0 Å². The molecule has 150 valence electrons. The summed E-state index contributed by atoms with van der Waals surface area (Å²) in [5, 5.41) is 44.0. The van der Waals surface area contributed by atoms with E-state index >= 15 is 0 Å². The van der Waals surface area contributed by atoms with Crippen LogP contribution in [0.3, 0.4) is 0 Å². The van der Waals surface area contributed by atoms with E-state index in [2.05, 4.69) is 20.1 Å². The zero-order valence-electron chi connectivity index (χ0n) is 15.0. The molecule has 12 heteroatoms. The topological polar surface area (TPSA) is 205 Å². The molecule has 8 atom stereocenters. The average molecular weight is 384 g/mol. The lowest BCUT2D eigenvalue weighted by Crippen LogP contribution is -2.37. The van der Waals surface area contributed by atoms with Gasteiger partial charge >= 0.3 is 0 Å². The Morgan fingerprint density at radius 2 is 1.85 bits per heavy atom. The van der Waals surface area contributed by atoms with E-state index in [4.69, 9.17) is 15.8 Å². The Balaban J connectivity index is 0.000000277. The third-order valence-corrected chi connectivity index (χ3v) is 4.27. The highest BCUT2D eigenvalue weighted by atomic mass is 16.6. The van der Waals surface area contributed by atoms with E-state index in [1.807, 2.05) is 6.92 Å². The lowest BCUT2D eigenvalue weighted by Gasteiger charge is -2.26. The summed E-state index contributed by atoms with van der Waals surface area (Å²) >= 11 is 0. The fraction of sp³-hybridized carbons (Fsp3) is 0.800. The molecular formula is C15H24N6O6. The first-order valence-corrected chi connectivity index (χ1v) is 8.33. The lowest BCUT2D eigenvalue weighted by atomic mass is 9.92. The Morgan fingerprint density at radius 1 is 1.26 bits per heavy atom. The molecule has 1 heterocycles. The minimum Gasteiger partial charge on any atom is -0.392 e. The van der Waals surface area contributed by atoms with Crippen molar-refractivity contribution in [2.75, 3.05) is 0 Å². The number of ether oxygens (including phenoxy) is 1. The molecule has 0 amide bonds. The summed E-state index contributed by atoms with van der Waals surface area (Å²) in [7, 11) is 0. The number of hydrogen-bond donors (Lipinski definition) is 4. The van der Waals surface area contributed by atoms with E-state index in [-0.39, 0.29) is 5.92 Å². The van der Waals surface area contributed by atoms with Crippen LogP contribution in [0.2, 0.25) is 0 Å². The molecular weight excluding hydrogens is 360 g/mol. The first-order valence-electron chi connectivity index (χ1n) is 8.33. The summed E-state index contributed by atoms with van der Waals surface area (Å²) in [4.78, 5) is 15.6. The van der Waals surface area contributed by atoms with Gasteiger partial charge in [-0.3, -0.25) is 0 Å². The van der Waals surface area contributed by atoms with Crippen molar-refractivity contribution in [1.82, 2.24) is 0 Å². The molecule has 0 saturated carbocycles. The van der Waals surface area contributed by atoms with E-state index in [1.165, 1.54) is 0 Å². The molecule has 0 aromatic heterocycles. The maximum Gasteiger partial charge on any atom is 0.181 e. The van der Waals surface area contributed by atoms with Gasteiger partial charge in [0.25, 0.3) is 0 Å². The number of carbonyl (C=O) groups is 1. The Morgan fingerprint density at radius 3 is 2.37 bits per heavy atom. The number of aldehydes is 1. The molecule has 5 unspecified atom stereocenters. The average Bonchev–Trinajstić information content (AvgIpc) is 2.86. The minimum atomic E-state index is -1.36. The van der Waals surface area contributed by atoms with Gasteiger partial charge in [0.05, 0.1) is 30.4 Å². The van der Waals surface area contributed by atoms with Crippen LogP contribution in [0.15, 0.2) is 21.9 Å². The molecule has 2 rings (SSSR count). The summed E-state index contributed by atoms with van der Waals surface area (Å²) in [5.74, 6) is -0.274. The van der Waals surface area contributed by atoms with E-state index in [0.29, 0.717) is 12.8 Å². The van der Waals surface area contributed by atoms with Crippen LogP contribution in [0.5, 0.6) is 0 Å². The maximum absolute atomic E-state index is 10.4. The molecule has 0 spiro atoms. The van der Waals surface area contributed by atoms with Crippen LogP contribution in [-0.4, -0.2) is 69.5 Å². The number of azide groups is 2. The van der Waals surface area contributed by atoms with Gasteiger partial charge in [-0.2, -0.15) is 0 Å². The largest absolute Gasteiger partial charge is 0.392 e. The highest BCUT2D eigenvalue weighted by molar-refractivity contribution is 5.52. The van der Waals surface area contributed by atoms with Crippen LogP contribution < -0.4 is 0 Å². The molecule has 1 fully saturated rings. The normalized spacial score (nSPS) is 36.2. The molecule has 0 radical (unpaired) electrons. The van der Waals surface area contributed by atoms with Gasteiger partial charge in [0.1, 0.15) is 12.4 Å². The summed E-state index contributed by atoms with van der Waals surface area (Å²) in [6.45, 7) is 3.50. The minimum absolute atomic E-state index is 0.274. The Bertz CT molecular complexity index is 632. The molecule has 2 aliphatic rings. The second-order valence-electron chi connectivity index (χ2n) is 6.57. The van der Waals surface area contributed by atoms with Crippen molar-refractivity contribution in [2.45, 2.75) is 69.5 Å². The zero-order chi connectivity index (χ0) is 20.6. The molecule has 12 nitrogen and oxygen atoms in total. The van der Waals surface area contributed by atoms with E-state index in [0.717, 1.165) is 11.9 Å². The van der Waals surface area contributed by atoms with Crippen LogP contribution in [0, 0.1) is 5.92 Å². The summed E-state index contributed by atoms with van der Waals surface area (Å²) in [5.41, 5.74) is 17.3. The van der Waals surface area contributed by atoms with Gasteiger partial charge in [-0.05, 0) is 30.8 Å². The summed E-state index contributed by atoms with van der Waals surface area (Å²) in [6.07, 6.45) is -1.72. The number of aliphatic hydroxyl groups excluding tert-OH is 4. The highest BCUT2D eigenvalue weighted by Gasteiger charge is 2.42. The number of aliphatic hydroxyl groups is 4. The molecule has 0 bridgehead atoms. The quantitative estimate of drug-likeness (QED) is 0.176. The van der Waals surface area contributed by atoms with Gasteiger partial charge in [0, 0.05) is 15.7 Å². The molecule has 27 heavy (non-hydrogen) atoms. The van der Waals surface area contributed by atoms with Crippen LogP contribution >= 0.6 is 0 Å². The molecule has 1 saturated heterocycles. The number of hydrogen-bond acceptors (Lipinski definition) is 8. The van der Waals surface area contributed by atoms with E-state index < -0.39 is 42.8 Å². The van der Waals surface area contributed by atoms with Gasteiger partial charge in [-0.15, -0.1) is 0 Å². The van der Waals surface area contributed by atoms with Gasteiger partial charge in [0.15, 0.2) is 6.29 Å². The highest BCUT2D eigenvalue weighted by Crippen LogP contribution is 2.27. The molecule has 4 N–H and O–H groups in total. The smallest absolute Gasteiger partial charge is 0.181 e. The van der Waals surface area contributed by atoms with Crippen LogP contribution in [0.25, 0.3) is 20.9 Å². The first kappa shape index (κ1) is 22.9. The fourth-order valence-corrected chi connectivity index (χ4v) is 2.89. The van der Waals surface area contributed by atoms with Crippen molar-refractivity contribution in [3.05, 3.63) is 32.5 Å². The maximum atomic E-state index is 10.4. The van der Waals surface area contributed by atoms with Crippen molar-refractivity contribution in [3.8, 4) is 0 Å². The van der Waals surface area contributed by atoms with Crippen molar-refractivity contribution >= 4 is 6.29 Å². The monoisotopic (exact) mass is 384 g/mol. The predicted octanol–water partition coefficient (Wildman–Crippen LogP) is 0.706. The summed E-state index contributed by atoms with van der Waals surface area (Å²) < 4.78 is 4.99. The van der Waals surface area contributed by atoms with Gasteiger partial charge in [-0.1, -0.05) is 28.8 Å². The van der Waals surface area contributed by atoms with Crippen LogP contribution in [0.4, 0.5) is 0 Å². The third kappa shape index (κ3) is 6.49. The SMILES string of the molecule is CC(C=O)CC1OC(O)C(O)C1N=[N+]=[N-].CC1=C[C@H](O)[C@H](N=[N+]=[N-])[C@H](O)C1. The van der Waals surface area contributed by atoms with Crippen molar-refractivity contribution in [3.63, 3.8) is 0 Å². The molecule has 0 aromatic rings. The number of nitrogens with zero attached hydrogens (tertiary/aromatic N) is 6. The number of rotatable bonds is 5. The second-order valence-corrected chi connectivity index (χ2v) is 6.57. The third-order valence-electron chi connectivity index (χ3n) is 4.27.